The van der Waals surface area contributed by atoms with Gasteiger partial charge < -0.3 is 14.8 Å². The van der Waals surface area contributed by atoms with E-state index < -0.39 is 0 Å². The van der Waals surface area contributed by atoms with Crippen LogP contribution in [0.1, 0.15) is 24.5 Å². The van der Waals surface area contributed by atoms with Crippen LogP contribution in [0.3, 0.4) is 0 Å². The van der Waals surface area contributed by atoms with Crippen LogP contribution in [0.4, 0.5) is 5.69 Å². The van der Waals surface area contributed by atoms with E-state index in [1.54, 1.807) is 0 Å². The lowest BCUT2D eigenvalue weighted by atomic mass is 10.2. The van der Waals surface area contributed by atoms with Crippen LogP contribution in [0.25, 0.3) is 0 Å². The molecule has 0 bridgehead atoms. The summed E-state index contributed by atoms with van der Waals surface area (Å²) in [4.78, 5) is 0. The van der Waals surface area contributed by atoms with Crippen molar-refractivity contribution in [1.29, 1.82) is 0 Å². The lowest BCUT2D eigenvalue weighted by Gasteiger charge is -2.13. The molecule has 0 fully saturated rings. The Hall–Kier alpha value is -2.94. The highest BCUT2D eigenvalue weighted by Crippen LogP contribution is 2.21. The number of hydrogen-bond acceptors (Lipinski definition) is 3. The molecule has 0 unspecified atom stereocenters. The molecule has 0 aromatic heterocycles. The number of para-hydroxylation sites is 1. The molecule has 0 aliphatic carbocycles. The third-order valence-corrected chi connectivity index (χ3v) is 4.27. The molecule has 27 heavy (non-hydrogen) atoms. The summed E-state index contributed by atoms with van der Waals surface area (Å²) in [7, 11) is 0. The topological polar surface area (TPSA) is 30.5 Å². The van der Waals surface area contributed by atoms with Gasteiger partial charge in [-0.25, -0.2) is 0 Å². The van der Waals surface area contributed by atoms with Gasteiger partial charge in [-0.2, -0.15) is 0 Å². The van der Waals surface area contributed by atoms with Crippen molar-refractivity contribution in [3.05, 3.63) is 90.0 Å². The van der Waals surface area contributed by atoms with Crippen molar-refractivity contribution in [2.75, 3.05) is 18.5 Å². The summed E-state index contributed by atoms with van der Waals surface area (Å²) in [6.07, 6.45) is 1.92. The number of anilines is 1. The molecule has 0 aliphatic heterocycles. The van der Waals surface area contributed by atoms with Gasteiger partial charge in [0.05, 0.1) is 13.2 Å². The fourth-order valence-corrected chi connectivity index (χ4v) is 2.80. The Morgan fingerprint density at radius 3 is 2.26 bits per heavy atom. The quantitative estimate of drug-likeness (QED) is 0.502. The molecule has 0 spiro atoms. The molecule has 3 rings (SSSR count). The standard InChI is InChI=1S/C24H27NO2/c1-2-17-27-24-11-7-6-10-21(24)19-25-22-12-14-23(15-13-22)26-18-16-20-8-4-3-5-9-20/h3-15,25H,2,16-19H2,1H3. The average molecular weight is 361 g/mol. The third kappa shape index (κ3) is 6.07. The van der Waals surface area contributed by atoms with Crippen LogP contribution < -0.4 is 14.8 Å². The van der Waals surface area contributed by atoms with Crippen molar-refractivity contribution in [2.45, 2.75) is 26.3 Å². The van der Waals surface area contributed by atoms with E-state index in [9.17, 15) is 0 Å². The fourth-order valence-electron chi connectivity index (χ4n) is 2.80. The largest absolute Gasteiger partial charge is 0.493 e. The summed E-state index contributed by atoms with van der Waals surface area (Å²) in [5.74, 6) is 1.84. The molecule has 0 atom stereocenters. The smallest absolute Gasteiger partial charge is 0.124 e. The maximum absolute atomic E-state index is 5.84. The summed E-state index contributed by atoms with van der Waals surface area (Å²) in [5, 5.41) is 3.45. The van der Waals surface area contributed by atoms with Gasteiger partial charge in [0.2, 0.25) is 0 Å². The van der Waals surface area contributed by atoms with Gasteiger partial charge in [0.15, 0.2) is 0 Å². The molecule has 140 valence electrons. The van der Waals surface area contributed by atoms with E-state index in [1.165, 1.54) is 5.56 Å². The van der Waals surface area contributed by atoms with Gasteiger partial charge in [-0.05, 0) is 42.3 Å². The normalized spacial score (nSPS) is 10.4. The molecule has 0 saturated heterocycles. The summed E-state index contributed by atoms with van der Waals surface area (Å²) in [5.41, 5.74) is 3.52. The van der Waals surface area contributed by atoms with Crippen molar-refractivity contribution in [2.24, 2.45) is 0 Å². The number of rotatable bonds is 10. The Balaban J connectivity index is 1.48. The van der Waals surface area contributed by atoms with Crippen molar-refractivity contribution in [1.82, 2.24) is 0 Å². The van der Waals surface area contributed by atoms with Crippen LogP contribution in [0, 0.1) is 0 Å². The number of benzene rings is 3. The van der Waals surface area contributed by atoms with Crippen LogP contribution in [-0.4, -0.2) is 13.2 Å². The lowest BCUT2D eigenvalue weighted by molar-refractivity contribution is 0.314. The molecule has 3 aromatic carbocycles. The zero-order valence-electron chi connectivity index (χ0n) is 15.9. The summed E-state index contributed by atoms with van der Waals surface area (Å²) < 4.78 is 11.7. The van der Waals surface area contributed by atoms with Crippen molar-refractivity contribution in [3.63, 3.8) is 0 Å². The highest BCUT2D eigenvalue weighted by Gasteiger charge is 2.03. The highest BCUT2D eigenvalue weighted by molar-refractivity contribution is 5.48. The minimum atomic E-state index is 0.679. The molecule has 0 amide bonds. The van der Waals surface area contributed by atoms with Gasteiger partial charge >= 0.3 is 0 Å². The maximum Gasteiger partial charge on any atom is 0.124 e. The minimum absolute atomic E-state index is 0.679. The van der Waals surface area contributed by atoms with Crippen LogP contribution in [0.15, 0.2) is 78.9 Å². The summed E-state index contributed by atoms with van der Waals surface area (Å²) in [6, 6.07) is 26.7. The van der Waals surface area contributed by atoms with Crippen LogP contribution in [-0.2, 0) is 13.0 Å². The SMILES string of the molecule is CCCOc1ccccc1CNc1ccc(OCCc2ccccc2)cc1. The Bertz CT molecular complexity index is 800. The predicted molar refractivity (Wildman–Crippen MR) is 112 cm³/mol. The molecule has 0 heterocycles. The van der Waals surface area contributed by atoms with E-state index in [0.717, 1.165) is 48.7 Å². The van der Waals surface area contributed by atoms with Gasteiger partial charge in [0.25, 0.3) is 0 Å². The van der Waals surface area contributed by atoms with Crippen LogP contribution in [0.2, 0.25) is 0 Å². The monoisotopic (exact) mass is 361 g/mol. The Kier molecular flexibility index (Phi) is 7.16. The zero-order chi connectivity index (χ0) is 18.7. The molecular weight excluding hydrogens is 334 g/mol. The average Bonchev–Trinajstić information content (AvgIpc) is 2.73. The second-order valence-electron chi connectivity index (χ2n) is 6.42. The van der Waals surface area contributed by atoms with Crippen LogP contribution >= 0.6 is 0 Å². The first-order valence-corrected chi connectivity index (χ1v) is 9.56. The van der Waals surface area contributed by atoms with Gasteiger partial charge in [-0.3, -0.25) is 0 Å². The molecule has 0 aliphatic rings. The van der Waals surface area contributed by atoms with Gasteiger partial charge in [-0.1, -0.05) is 55.5 Å². The van der Waals surface area contributed by atoms with Gasteiger partial charge in [0, 0.05) is 24.2 Å². The highest BCUT2D eigenvalue weighted by atomic mass is 16.5. The third-order valence-electron chi connectivity index (χ3n) is 4.27. The molecule has 3 nitrogen and oxygen atoms in total. The Morgan fingerprint density at radius 2 is 1.48 bits per heavy atom. The predicted octanol–water partition coefficient (Wildman–Crippen LogP) is 5.71. The van der Waals surface area contributed by atoms with E-state index in [4.69, 9.17) is 9.47 Å². The number of hydrogen-bond donors (Lipinski definition) is 1. The maximum atomic E-state index is 5.84. The molecule has 0 saturated carbocycles. The first-order chi connectivity index (χ1) is 13.3. The fraction of sp³-hybridized carbons (Fsp3) is 0.250. The van der Waals surface area contributed by atoms with Crippen molar-refractivity contribution >= 4 is 5.69 Å². The van der Waals surface area contributed by atoms with E-state index in [0.29, 0.717) is 6.61 Å². The second kappa shape index (κ2) is 10.3. The van der Waals surface area contributed by atoms with Crippen molar-refractivity contribution in [3.8, 4) is 11.5 Å². The molecular formula is C24H27NO2. The Morgan fingerprint density at radius 1 is 0.741 bits per heavy atom. The number of nitrogens with one attached hydrogen (secondary N) is 1. The van der Waals surface area contributed by atoms with E-state index in [1.807, 2.05) is 48.5 Å². The van der Waals surface area contributed by atoms with E-state index in [2.05, 4.69) is 42.6 Å². The summed E-state index contributed by atoms with van der Waals surface area (Å²) in [6.45, 7) is 4.27. The minimum Gasteiger partial charge on any atom is -0.493 e. The molecule has 3 heteroatoms. The summed E-state index contributed by atoms with van der Waals surface area (Å²) >= 11 is 0. The lowest BCUT2D eigenvalue weighted by Crippen LogP contribution is -2.04. The molecule has 3 aromatic rings. The van der Waals surface area contributed by atoms with Gasteiger partial charge in [-0.15, -0.1) is 0 Å². The van der Waals surface area contributed by atoms with Gasteiger partial charge in [0.1, 0.15) is 11.5 Å². The molecule has 1 N–H and O–H groups in total. The first kappa shape index (κ1) is 18.8. The first-order valence-electron chi connectivity index (χ1n) is 9.56. The molecule has 0 radical (unpaired) electrons. The van der Waals surface area contributed by atoms with E-state index in [-0.39, 0.29) is 0 Å². The van der Waals surface area contributed by atoms with Crippen molar-refractivity contribution < 1.29 is 9.47 Å². The Labute approximate surface area is 162 Å². The van der Waals surface area contributed by atoms with E-state index >= 15 is 0 Å². The van der Waals surface area contributed by atoms with Crippen LogP contribution in [0.5, 0.6) is 11.5 Å². The number of ether oxygens (including phenoxy) is 2. The second-order valence-corrected chi connectivity index (χ2v) is 6.42. The zero-order valence-corrected chi connectivity index (χ0v) is 15.9.